The Labute approximate surface area is 193 Å². The summed E-state index contributed by atoms with van der Waals surface area (Å²) in [5.41, 5.74) is 4.08. The molecule has 33 heavy (non-hydrogen) atoms. The average Bonchev–Trinajstić information content (AvgIpc) is 3.47. The topological polar surface area (TPSA) is 105 Å². The van der Waals surface area contributed by atoms with Crippen LogP contribution in [0.5, 0.6) is 0 Å². The molecule has 1 saturated carbocycles. The summed E-state index contributed by atoms with van der Waals surface area (Å²) in [7, 11) is 0. The molecule has 2 amide bonds. The van der Waals surface area contributed by atoms with Gasteiger partial charge in [0.1, 0.15) is 6.61 Å². The lowest BCUT2D eigenvalue weighted by atomic mass is 9.98. The number of carboxylic acid groups (broad SMARTS) is 1. The standard InChI is InChI=1S/C26H30N2O5/c1-2-17(11-12-24(30)31)27-23(29)15-26(13-14-26)28-25(32)33-16-22-20-9-5-3-7-18(20)19-8-4-6-10-21(19)22/h3-10,17,22H,2,11-16H2,1H3,(H,27,29)(H,28,32)(H,30,31). The third-order valence-corrected chi connectivity index (χ3v) is 6.63. The van der Waals surface area contributed by atoms with Gasteiger partial charge < -0.3 is 20.5 Å². The number of nitrogens with one attached hydrogen (secondary N) is 2. The number of hydrogen-bond acceptors (Lipinski definition) is 4. The summed E-state index contributed by atoms with van der Waals surface area (Å²) in [6.45, 7) is 2.14. The third-order valence-electron chi connectivity index (χ3n) is 6.63. The highest BCUT2D eigenvalue weighted by Crippen LogP contribution is 2.44. The number of aliphatic carboxylic acids is 1. The highest BCUT2D eigenvalue weighted by Gasteiger charge is 2.46. The molecule has 0 spiro atoms. The zero-order valence-corrected chi connectivity index (χ0v) is 18.8. The largest absolute Gasteiger partial charge is 0.481 e. The lowest BCUT2D eigenvalue weighted by molar-refractivity contribution is -0.137. The predicted molar refractivity (Wildman–Crippen MR) is 124 cm³/mol. The van der Waals surface area contributed by atoms with Gasteiger partial charge in [-0.3, -0.25) is 9.59 Å². The highest BCUT2D eigenvalue weighted by molar-refractivity contribution is 5.81. The first kappa shape index (κ1) is 22.8. The molecule has 1 atom stereocenters. The van der Waals surface area contributed by atoms with Crippen molar-refractivity contribution in [1.82, 2.24) is 10.6 Å². The highest BCUT2D eigenvalue weighted by atomic mass is 16.5. The average molecular weight is 451 g/mol. The fourth-order valence-electron chi connectivity index (χ4n) is 4.61. The molecule has 174 valence electrons. The number of rotatable bonds is 10. The van der Waals surface area contributed by atoms with E-state index in [0.717, 1.165) is 24.0 Å². The summed E-state index contributed by atoms with van der Waals surface area (Å²) in [6.07, 6.45) is 2.16. The lowest BCUT2D eigenvalue weighted by Crippen LogP contribution is -2.43. The molecule has 3 N–H and O–H groups in total. The van der Waals surface area contributed by atoms with Crippen LogP contribution in [0.4, 0.5) is 4.79 Å². The van der Waals surface area contributed by atoms with Crippen LogP contribution in [-0.4, -0.2) is 41.3 Å². The van der Waals surface area contributed by atoms with E-state index < -0.39 is 17.6 Å². The van der Waals surface area contributed by atoms with Gasteiger partial charge in [0.15, 0.2) is 0 Å². The Kier molecular flexibility index (Phi) is 6.67. The Bertz CT molecular complexity index is 1000. The van der Waals surface area contributed by atoms with E-state index in [4.69, 9.17) is 9.84 Å². The number of amides is 2. The van der Waals surface area contributed by atoms with Crippen LogP contribution in [0.15, 0.2) is 48.5 Å². The number of alkyl carbamates (subject to hydrolysis) is 1. The van der Waals surface area contributed by atoms with Crippen molar-refractivity contribution in [3.05, 3.63) is 59.7 Å². The molecule has 0 saturated heterocycles. The Morgan fingerprint density at radius 3 is 2.21 bits per heavy atom. The molecule has 0 heterocycles. The van der Waals surface area contributed by atoms with Crippen LogP contribution in [0.25, 0.3) is 11.1 Å². The minimum Gasteiger partial charge on any atom is -0.481 e. The van der Waals surface area contributed by atoms with Crippen LogP contribution in [0.2, 0.25) is 0 Å². The maximum absolute atomic E-state index is 12.6. The van der Waals surface area contributed by atoms with E-state index >= 15 is 0 Å². The zero-order valence-electron chi connectivity index (χ0n) is 18.8. The van der Waals surface area contributed by atoms with Gasteiger partial charge in [-0.25, -0.2) is 4.79 Å². The van der Waals surface area contributed by atoms with Crippen molar-refractivity contribution in [3.63, 3.8) is 0 Å². The van der Waals surface area contributed by atoms with Gasteiger partial charge in [-0.2, -0.15) is 0 Å². The second kappa shape index (κ2) is 9.65. The quantitative estimate of drug-likeness (QED) is 0.503. The number of fused-ring (bicyclic) bond motifs is 3. The van der Waals surface area contributed by atoms with Crippen molar-refractivity contribution in [2.45, 2.75) is 62.9 Å². The fourth-order valence-corrected chi connectivity index (χ4v) is 4.61. The van der Waals surface area contributed by atoms with E-state index in [9.17, 15) is 14.4 Å². The molecule has 0 aromatic heterocycles. The van der Waals surface area contributed by atoms with E-state index in [0.29, 0.717) is 12.8 Å². The van der Waals surface area contributed by atoms with Gasteiger partial charge in [0.25, 0.3) is 0 Å². The van der Waals surface area contributed by atoms with E-state index in [1.54, 1.807) is 0 Å². The number of carbonyl (C=O) groups excluding carboxylic acids is 2. The minimum absolute atomic E-state index is 0.0128. The molecule has 4 rings (SSSR count). The molecule has 7 heteroatoms. The molecule has 2 aliphatic carbocycles. The number of benzene rings is 2. The number of carboxylic acids is 1. The third kappa shape index (κ3) is 5.35. The van der Waals surface area contributed by atoms with Gasteiger partial charge in [-0.05, 0) is 47.9 Å². The van der Waals surface area contributed by atoms with Gasteiger partial charge in [0.2, 0.25) is 5.91 Å². The molecule has 1 unspecified atom stereocenters. The molecule has 0 bridgehead atoms. The summed E-state index contributed by atoms with van der Waals surface area (Å²) < 4.78 is 5.62. The van der Waals surface area contributed by atoms with Crippen molar-refractivity contribution in [2.24, 2.45) is 0 Å². The Morgan fingerprint density at radius 2 is 1.67 bits per heavy atom. The molecule has 2 aliphatic rings. The second-order valence-corrected chi connectivity index (χ2v) is 9.01. The minimum atomic E-state index is -0.877. The normalized spacial score (nSPS) is 16.3. The van der Waals surface area contributed by atoms with Crippen LogP contribution >= 0.6 is 0 Å². The summed E-state index contributed by atoms with van der Waals surface area (Å²) >= 11 is 0. The van der Waals surface area contributed by atoms with Crippen molar-refractivity contribution in [1.29, 1.82) is 0 Å². The van der Waals surface area contributed by atoms with Gasteiger partial charge in [0, 0.05) is 24.8 Å². The Morgan fingerprint density at radius 1 is 1.06 bits per heavy atom. The number of ether oxygens (including phenoxy) is 1. The zero-order chi connectivity index (χ0) is 23.4. The molecule has 0 aliphatic heterocycles. The first-order valence-corrected chi connectivity index (χ1v) is 11.5. The monoisotopic (exact) mass is 450 g/mol. The maximum Gasteiger partial charge on any atom is 0.407 e. The van der Waals surface area contributed by atoms with Crippen molar-refractivity contribution in [3.8, 4) is 11.1 Å². The molecule has 0 radical (unpaired) electrons. The first-order valence-electron chi connectivity index (χ1n) is 11.5. The molecular formula is C26H30N2O5. The van der Waals surface area contributed by atoms with Gasteiger partial charge in [-0.1, -0.05) is 55.5 Å². The van der Waals surface area contributed by atoms with Crippen molar-refractivity contribution >= 4 is 18.0 Å². The van der Waals surface area contributed by atoms with Gasteiger partial charge >= 0.3 is 12.1 Å². The lowest BCUT2D eigenvalue weighted by Gasteiger charge is -2.21. The molecule has 1 fully saturated rings. The SMILES string of the molecule is CCC(CCC(=O)O)NC(=O)CC1(NC(=O)OCC2c3ccccc3-c3ccccc32)CC1. The predicted octanol–water partition coefficient (Wildman–Crippen LogP) is 4.21. The van der Waals surface area contributed by atoms with Crippen LogP contribution in [0, 0.1) is 0 Å². The van der Waals surface area contributed by atoms with Gasteiger partial charge in [-0.15, -0.1) is 0 Å². The fraction of sp³-hybridized carbons (Fsp3) is 0.423. The molecule has 2 aromatic carbocycles. The smallest absolute Gasteiger partial charge is 0.407 e. The molecular weight excluding hydrogens is 420 g/mol. The summed E-state index contributed by atoms with van der Waals surface area (Å²) in [5.74, 6) is -1.07. The summed E-state index contributed by atoms with van der Waals surface area (Å²) in [6, 6.07) is 16.2. The number of hydrogen-bond donors (Lipinski definition) is 3. The maximum atomic E-state index is 12.6. The Balaban J connectivity index is 1.30. The summed E-state index contributed by atoms with van der Waals surface area (Å²) in [4.78, 5) is 35.9. The van der Waals surface area contributed by atoms with E-state index in [1.807, 2.05) is 31.2 Å². The van der Waals surface area contributed by atoms with E-state index in [1.165, 1.54) is 11.1 Å². The van der Waals surface area contributed by atoms with Gasteiger partial charge in [0.05, 0.1) is 5.54 Å². The second-order valence-electron chi connectivity index (χ2n) is 9.01. The van der Waals surface area contributed by atoms with Crippen LogP contribution in [-0.2, 0) is 14.3 Å². The van der Waals surface area contributed by atoms with Crippen LogP contribution < -0.4 is 10.6 Å². The number of carbonyl (C=O) groups is 3. The summed E-state index contributed by atoms with van der Waals surface area (Å²) in [5, 5.41) is 14.6. The molecule has 7 nitrogen and oxygen atoms in total. The van der Waals surface area contributed by atoms with E-state index in [2.05, 4.69) is 34.9 Å². The van der Waals surface area contributed by atoms with Crippen LogP contribution in [0.1, 0.15) is 62.5 Å². The van der Waals surface area contributed by atoms with Crippen molar-refractivity contribution < 1.29 is 24.2 Å². The van der Waals surface area contributed by atoms with Crippen LogP contribution in [0.3, 0.4) is 0 Å². The molecule has 2 aromatic rings. The Hall–Kier alpha value is -3.35. The first-order chi connectivity index (χ1) is 15.9. The van der Waals surface area contributed by atoms with E-state index in [-0.39, 0.29) is 37.3 Å². The van der Waals surface area contributed by atoms with Crippen molar-refractivity contribution in [2.75, 3.05) is 6.61 Å².